The van der Waals surface area contributed by atoms with Crippen molar-refractivity contribution < 1.29 is 8.42 Å². The molecule has 6 heteroatoms. The van der Waals surface area contributed by atoms with Crippen molar-refractivity contribution in [3.05, 3.63) is 0 Å². The monoisotopic (exact) mass is 245 g/mol. The Balaban J connectivity index is 2.94. The Hall–Kier alpha value is -0.640. The molecule has 0 aromatic carbocycles. The van der Waals surface area contributed by atoms with E-state index in [2.05, 4.69) is 5.32 Å². The number of nitriles is 1. The summed E-state index contributed by atoms with van der Waals surface area (Å²) < 4.78 is 25.8. The van der Waals surface area contributed by atoms with Crippen molar-refractivity contribution in [2.45, 2.75) is 44.5 Å². The zero-order valence-corrected chi connectivity index (χ0v) is 10.8. The van der Waals surface area contributed by atoms with Gasteiger partial charge in [0.05, 0.1) is 6.07 Å². The van der Waals surface area contributed by atoms with Crippen LogP contribution in [0.25, 0.3) is 0 Å². The largest absolute Gasteiger partial charge is 0.311 e. The molecule has 0 aromatic rings. The van der Waals surface area contributed by atoms with Crippen LogP contribution in [0.3, 0.4) is 0 Å². The summed E-state index contributed by atoms with van der Waals surface area (Å²) in [7, 11) is -3.47. The molecule has 1 aliphatic heterocycles. The van der Waals surface area contributed by atoms with Gasteiger partial charge in [0.25, 0.3) is 0 Å². The fourth-order valence-corrected chi connectivity index (χ4v) is 3.76. The van der Waals surface area contributed by atoms with Gasteiger partial charge in [-0.3, -0.25) is 0 Å². The van der Waals surface area contributed by atoms with Crippen LogP contribution in [0.1, 0.15) is 27.2 Å². The van der Waals surface area contributed by atoms with Gasteiger partial charge in [-0.05, 0) is 20.3 Å². The third-order valence-electron chi connectivity index (χ3n) is 2.91. The summed E-state index contributed by atoms with van der Waals surface area (Å²) in [6, 6.07) is 1.94. The van der Waals surface area contributed by atoms with E-state index in [-0.39, 0.29) is 12.1 Å². The minimum Gasteiger partial charge on any atom is -0.311 e. The summed E-state index contributed by atoms with van der Waals surface area (Å²) >= 11 is 0. The van der Waals surface area contributed by atoms with Crippen LogP contribution in [0.2, 0.25) is 0 Å². The Morgan fingerprint density at radius 2 is 2.19 bits per heavy atom. The second-order valence-electron chi connectivity index (χ2n) is 4.30. The standard InChI is InChI=1S/C10H19N3O2S/c1-4-10(5-11)16(14,15)13-7-8(2)12-6-9(13)3/h8-10,12H,4,6-7H2,1-3H3. The molecule has 0 saturated carbocycles. The van der Waals surface area contributed by atoms with Crippen LogP contribution in [0.5, 0.6) is 0 Å². The summed E-state index contributed by atoms with van der Waals surface area (Å²) in [5.41, 5.74) is 0. The van der Waals surface area contributed by atoms with Gasteiger partial charge in [0, 0.05) is 25.2 Å². The molecule has 3 unspecified atom stereocenters. The molecule has 0 radical (unpaired) electrons. The Morgan fingerprint density at radius 1 is 1.56 bits per heavy atom. The molecule has 1 rings (SSSR count). The first kappa shape index (κ1) is 13.4. The summed E-state index contributed by atoms with van der Waals surface area (Å²) in [5.74, 6) is 0. The van der Waals surface area contributed by atoms with Gasteiger partial charge >= 0.3 is 0 Å². The maximum Gasteiger partial charge on any atom is 0.230 e. The van der Waals surface area contributed by atoms with Gasteiger partial charge in [0.15, 0.2) is 5.25 Å². The van der Waals surface area contributed by atoms with Gasteiger partial charge in [0.1, 0.15) is 0 Å². The molecule has 0 aromatic heterocycles. The highest BCUT2D eigenvalue weighted by Crippen LogP contribution is 2.18. The molecule has 1 fully saturated rings. The molecule has 5 nitrogen and oxygen atoms in total. The van der Waals surface area contributed by atoms with E-state index in [1.807, 2.05) is 19.9 Å². The van der Waals surface area contributed by atoms with Gasteiger partial charge in [-0.25, -0.2) is 8.42 Å². The summed E-state index contributed by atoms with van der Waals surface area (Å²) in [6.07, 6.45) is 0.337. The Morgan fingerprint density at radius 3 is 2.69 bits per heavy atom. The van der Waals surface area contributed by atoms with Crippen molar-refractivity contribution in [3.8, 4) is 6.07 Å². The van der Waals surface area contributed by atoms with Crippen molar-refractivity contribution in [2.75, 3.05) is 13.1 Å². The van der Waals surface area contributed by atoms with Gasteiger partial charge < -0.3 is 5.32 Å². The van der Waals surface area contributed by atoms with Crippen LogP contribution in [-0.2, 0) is 10.0 Å². The molecular weight excluding hydrogens is 226 g/mol. The van der Waals surface area contributed by atoms with Crippen LogP contribution in [0, 0.1) is 11.3 Å². The van der Waals surface area contributed by atoms with E-state index in [1.165, 1.54) is 4.31 Å². The van der Waals surface area contributed by atoms with Gasteiger partial charge in [-0.2, -0.15) is 9.57 Å². The van der Waals surface area contributed by atoms with Crippen molar-refractivity contribution in [1.82, 2.24) is 9.62 Å². The highest BCUT2D eigenvalue weighted by molar-refractivity contribution is 7.90. The maximum absolute atomic E-state index is 12.2. The van der Waals surface area contributed by atoms with Crippen molar-refractivity contribution in [3.63, 3.8) is 0 Å². The van der Waals surface area contributed by atoms with Crippen LogP contribution in [0.4, 0.5) is 0 Å². The Labute approximate surface area is 97.5 Å². The quantitative estimate of drug-likeness (QED) is 0.776. The summed E-state index contributed by atoms with van der Waals surface area (Å²) in [4.78, 5) is 0. The van der Waals surface area contributed by atoms with Gasteiger partial charge in [0.2, 0.25) is 10.0 Å². The lowest BCUT2D eigenvalue weighted by Gasteiger charge is -2.37. The molecule has 3 atom stereocenters. The normalized spacial score (nSPS) is 29.6. The van der Waals surface area contributed by atoms with E-state index in [0.29, 0.717) is 19.5 Å². The van der Waals surface area contributed by atoms with E-state index in [4.69, 9.17) is 5.26 Å². The molecule has 92 valence electrons. The SMILES string of the molecule is CCC(C#N)S(=O)(=O)N1CC(C)NCC1C. The molecular formula is C10H19N3O2S. The highest BCUT2D eigenvalue weighted by Gasteiger charge is 2.36. The number of hydrogen-bond donors (Lipinski definition) is 1. The summed E-state index contributed by atoms with van der Waals surface area (Å²) in [6.45, 7) is 6.62. The van der Waals surface area contributed by atoms with E-state index in [1.54, 1.807) is 6.92 Å². The van der Waals surface area contributed by atoms with Gasteiger partial charge in [-0.15, -0.1) is 0 Å². The van der Waals surface area contributed by atoms with Crippen LogP contribution < -0.4 is 5.32 Å². The van der Waals surface area contributed by atoms with Crippen molar-refractivity contribution in [2.24, 2.45) is 0 Å². The average Bonchev–Trinajstić information content (AvgIpc) is 2.23. The third kappa shape index (κ3) is 2.54. The zero-order valence-electron chi connectivity index (χ0n) is 9.97. The summed E-state index contributed by atoms with van der Waals surface area (Å²) in [5, 5.41) is 11.2. The van der Waals surface area contributed by atoms with E-state index < -0.39 is 15.3 Å². The fraction of sp³-hybridized carbons (Fsp3) is 0.900. The number of nitrogens with one attached hydrogen (secondary N) is 1. The second-order valence-corrected chi connectivity index (χ2v) is 6.37. The molecule has 1 aliphatic rings. The molecule has 0 bridgehead atoms. The first-order chi connectivity index (χ1) is 7.43. The molecule has 0 aliphatic carbocycles. The number of sulfonamides is 1. The lowest BCUT2D eigenvalue weighted by molar-refractivity contribution is 0.243. The molecule has 0 amide bonds. The second kappa shape index (κ2) is 5.13. The molecule has 0 spiro atoms. The predicted octanol–water partition coefficient (Wildman–Crippen LogP) is 0.301. The number of hydrogen-bond acceptors (Lipinski definition) is 4. The van der Waals surface area contributed by atoms with Crippen LogP contribution in [0.15, 0.2) is 0 Å². The predicted molar refractivity (Wildman–Crippen MR) is 62.2 cm³/mol. The lowest BCUT2D eigenvalue weighted by atomic mass is 10.2. The van der Waals surface area contributed by atoms with Crippen LogP contribution in [-0.4, -0.2) is 43.1 Å². The van der Waals surface area contributed by atoms with Crippen LogP contribution >= 0.6 is 0 Å². The first-order valence-electron chi connectivity index (χ1n) is 5.57. The molecule has 1 saturated heterocycles. The highest BCUT2D eigenvalue weighted by atomic mass is 32.2. The van der Waals surface area contributed by atoms with Crippen molar-refractivity contribution >= 4 is 10.0 Å². The van der Waals surface area contributed by atoms with Crippen molar-refractivity contribution in [1.29, 1.82) is 5.26 Å². The topological polar surface area (TPSA) is 73.2 Å². The molecule has 1 heterocycles. The maximum atomic E-state index is 12.2. The van der Waals surface area contributed by atoms with Gasteiger partial charge in [-0.1, -0.05) is 6.92 Å². The Bertz CT molecular complexity index is 374. The average molecular weight is 245 g/mol. The molecule has 1 N–H and O–H groups in total. The minimum absolute atomic E-state index is 0.0800. The number of piperazine rings is 1. The van der Waals surface area contributed by atoms with E-state index >= 15 is 0 Å². The smallest absolute Gasteiger partial charge is 0.230 e. The minimum atomic E-state index is -3.47. The third-order valence-corrected chi connectivity index (χ3v) is 5.23. The Kier molecular flexibility index (Phi) is 4.30. The molecule has 16 heavy (non-hydrogen) atoms. The fourth-order valence-electron chi connectivity index (χ4n) is 1.87. The van der Waals surface area contributed by atoms with E-state index in [9.17, 15) is 8.42 Å². The lowest BCUT2D eigenvalue weighted by Crippen LogP contribution is -2.57. The number of nitrogens with zero attached hydrogens (tertiary/aromatic N) is 2. The zero-order chi connectivity index (χ0) is 12.3. The number of rotatable bonds is 3. The first-order valence-corrected chi connectivity index (χ1v) is 7.07. The van der Waals surface area contributed by atoms with E-state index in [0.717, 1.165) is 0 Å².